The molecule has 15 heavy (non-hydrogen) atoms. The lowest BCUT2D eigenvalue weighted by Crippen LogP contribution is -2.01. The zero-order valence-electron chi connectivity index (χ0n) is 7.83. The van der Waals surface area contributed by atoms with E-state index in [0.29, 0.717) is 6.54 Å². The minimum atomic E-state index is 0.557. The van der Waals surface area contributed by atoms with E-state index in [1.54, 1.807) is 11.0 Å². The van der Waals surface area contributed by atoms with E-state index < -0.39 is 0 Å². The van der Waals surface area contributed by atoms with Crippen molar-refractivity contribution >= 4 is 11.0 Å². The van der Waals surface area contributed by atoms with Gasteiger partial charge in [0.15, 0.2) is 0 Å². The molecule has 3 rings (SSSR count). The molecule has 6 heteroatoms. The van der Waals surface area contributed by atoms with Crippen molar-refractivity contribution in [1.29, 1.82) is 0 Å². The Morgan fingerprint density at radius 1 is 1.27 bits per heavy atom. The summed E-state index contributed by atoms with van der Waals surface area (Å²) in [5.74, 6) is 0.850. The molecule has 0 aliphatic heterocycles. The van der Waals surface area contributed by atoms with Gasteiger partial charge in [0, 0.05) is 0 Å². The van der Waals surface area contributed by atoms with Crippen LogP contribution in [-0.2, 0) is 6.54 Å². The van der Waals surface area contributed by atoms with Gasteiger partial charge < -0.3 is 4.98 Å². The van der Waals surface area contributed by atoms with Crippen molar-refractivity contribution in [3.8, 4) is 0 Å². The van der Waals surface area contributed by atoms with Crippen LogP contribution in [0, 0.1) is 0 Å². The molecule has 0 aliphatic carbocycles. The average Bonchev–Trinajstić information content (AvgIpc) is 2.86. The number of tetrazole rings is 1. The van der Waals surface area contributed by atoms with E-state index >= 15 is 0 Å². The molecule has 0 saturated heterocycles. The highest BCUT2D eigenvalue weighted by molar-refractivity contribution is 5.74. The predicted octanol–water partition coefficient (Wildman–Crippen LogP) is 0.598. The summed E-state index contributed by atoms with van der Waals surface area (Å²) in [7, 11) is 0. The number of fused-ring (bicyclic) bond motifs is 1. The fourth-order valence-corrected chi connectivity index (χ4v) is 1.49. The number of aromatic amines is 1. The molecule has 0 amide bonds. The van der Waals surface area contributed by atoms with Gasteiger partial charge in [-0.05, 0) is 22.6 Å². The van der Waals surface area contributed by atoms with Crippen LogP contribution < -0.4 is 0 Å². The molecule has 0 unspecified atom stereocenters. The van der Waals surface area contributed by atoms with Crippen LogP contribution in [0.15, 0.2) is 30.6 Å². The van der Waals surface area contributed by atoms with Crippen molar-refractivity contribution in [1.82, 2.24) is 30.2 Å². The first-order valence-corrected chi connectivity index (χ1v) is 4.56. The first-order chi connectivity index (χ1) is 7.42. The van der Waals surface area contributed by atoms with Crippen molar-refractivity contribution in [2.45, 2.75) is 6.54 Å². The van der Waals surface area contributed by atoms with Crippen molar-refractivity contribution in [3.05, 3.63) is 36.4 Å². The standard InChI is InChI=1S/C9H8N6/c1-2-4-8-7(3-1)11-9(12-8)5-15-6-10-13-14-15/h1-4,6H,5H2,(H,11,12). The van der Waals surface area contributed by atoms with Crippen LogP contribution in [0.2, 0.25) is 0 Å². The number of H-pyrrole nitrogens is 1. The fourth-order valence-electron chi connectivity index (χ4n) is 1.49. The minimum absolute atomic E-state index is 0.557. The molecule has 0 radical (unpaired) electrons. The maximum absolute atomic E-state index is 4.42. The molecule has 1 N–H and O–H groups in total. The van der Waals surface area contributed by atoms with Crippen LogP contribution >= 0.6 is 0 Å². The van der Waals surface area contributed by atoms with E-state index in [1.807, 2.05) is 24.3 Å². The van der Waals surface area contributed by atoms with Crippen LogP contribution in [0.25, 0.3) is 11.0 Å². The summed E-state index contributed by atoms with van der Waals surface area (Å²) >= 11 is 0. The Balaban J connectivity index is 1.98. The summed E-state index contributed by atoms with van der Waals surface area (Å²) in [4.78, 5) is 7.62. The molecule has 0 fully saturated rings. The lowest BCUT2D eigenvalue weighted by molar-refractivity contribution is 0.630. The number of hydrogen-bond donors (Lipinski definition) is 1. The van der Waals surface area contributed by atoms with Gasteiger partial charge in [-0.15, -0.1) is 5.10 Å². The third-order valence-corrected chi connectivity index (χ3v) is 2.14. The Hall–Kier alpha value is -2.24. The Morgan fingerprint density at radius 2 is 2.20 bits per heavy atom. The van der Waals surface area contributed by atoms with E-state index in [0.717, 1.165) is 16.9 Å². The third-order valence-electron chi connectivity index (χ3n) is 2.14. The van der Waals surface area contributed by atoms with Gasteiger partial charge in [-0.3, -0.25) is 0 Å². The number of nitrogens with one attached hydrogen (secondary N) is 1. The van der Waals surface area contributed by atoms with Gasteiger partial charge in [0.2, 0.25) is 0 Å². The maximum atomic E-state index is 4.42. The molecule has 6 nitrogen and oxygen atoms in total. The topological polar surface area (TPSA) is 72.3 Å². The Labute approximate surface area is 84.9 Å². The third kappa shape index (κ3) is 1.45. The predicted molar refractivity (Wildman–Crippen MR) is 53.0 cm³/mol. The fraction of sp³-hybridized carbons (Fsp3) is 0.111. The number of imidazole rings is 1. The molecule has 0 saturated carbocycles. The molecular formula is C9H8N6. The molecule has 0 bridgehead atoms. The molecule has 0 aliphatic rings. The molecule has 2 heterocycles. The summed E-state index contributed by atoms with van der Waals surface area (Å²) in [6, 6.07) is 7.89. The van der Waals surface area contributed by atoms with Gasteiger partial charge >= 0.3 is 0 Å². The van der Waals surface area contributed by atoms with Gasteiger partial charge in [0.25, 0.3) is 0 Å². The van der Waals surface area contributed by atoms with Crippen molar-refractivity contribution in [2.24, 2.45) is 0 Å². The highest BCUT2D eigenvalue weighted by Crippen LogP contribution is 2.10. The van der Waals surface area contributed by atoms with Crippen LogP contribution in [0.4, 0.5) is 0 Å². The second-order valence-electron chi connectivity index (χ2n) is 3.21. The lowest BCUT2D eigenvalue weighted by Gasteiger charge is -1.92. The summed E-state index contributed by atoms with van der Waals surface area (Å²) < 4.78 is 1.62. The summed E-state index contributed by atoms with van der Waals surface area (Å²) in [5, 5.41) is 10.9. The summed E-state index contributed by atoms with van der Waals surface area (Å²) in [6.07, 6.45) is 1.56. The number of para-hydroxylation sites is 2. The molecule has 3 aromatic rings. The first-order valence-electron chi connectivity index (χ1n) is 4.56. The van der Waals surface area contributed by atoms with E-state index in [9.17, 15) is 0 Å². The van der Waals surface area contributed by atoms with Gasteiger partial charge in [0.1, 0.15) is 18.7 Å². The monoisotopic (exact) mass is 200 g/mol. The van der Waals surface area contributed by atoms with Crippen LogP contribution in [-0.4, -0.2) is 30.2 Å². The highest BCUT2D eigenvalue weighted by atomic mass is 15.5. The molecule has 1 aromatic carbocycles. The van der Waals surface area contributed by atoms with Crippen molar-refractivity contribution in [3.63, 3.8) is 0 Å². The zero-order valence-corrected chi connectivity index (χ0v) is 7.83. The van der Waals surface area contributed by atoms with Crippen LogP contribution in [0.3, 0.4) is 0 Å². The SMILES string of the molecule is c1ccc2[nH]c(Cn3cnnn3)nc2c1. The summed E-state index contributed by atoms with van der Waals surface area (Å²) in [6.45, 7) is 0.557. The van der Waals surface area contributed by atoms with E-state index in [4.69, 9.17) is 0 Å². The van der Waals surface area contributed by atoms with E-state index in [1.165, 1.54) is 0 Å². The molecule has 2 aromatic heterocycles. The number of nitrogens with zero attached hydrogens (tertiary/aromatic N) is 5. The van der Waals surface area contributed by atoms with Gasteiger partial charge in [-0.25, -0.2) is 9.67 Å². The van der Waals surface area contributed by atoms with E-state index in [-0.39, 0.29) is 0 Å². The Morgan fingerprint density at radius 3 is 3.00 bits per heavy atom. The lowest BCUT2D eigenvalue weighted by atomic mass is 10.3. The highest BCUT2D eigenvalue weighted by Gasteiger charge is 2.02. The Bertz CT molecular complexity index is 534. The number of hydrogen-bond acceptors (Lipinski definition) is 4. The Kier molecular flexibility index (Phi) is 1.71. The smallest absolute Gasteiger partial charge is 0.138 e. The van der Waals surface area contributed by atoms with Crippen LogP contribution in [0.1, 0.15) is 5.82 Å². The van der Waals surface area contributed by atoms with Crippen molar-refractivity contribution < 1.29 is 0 Å². The molecule has 0 spiro atoms. The quantitative estimate of drug-likeness (QED) is 0.657. The largest absolute Gasteiger partial charge is 0.340 e. The van der Waals surface area contributed by atoms with Gasteiger partial charge in [-0.1, -0.05) is 12.1 Å². The molecule has 0 atom stereocenters. The van der Waals surface area contributed by atoms with Crippen LogP contribution in [0.5, 0.6) is 0 Å². The van der Waals surface area contributed by atoms with E-state index in [2.05, 4.69) is 25.5 Å². The van der Waals surface area contributed by atoms with Crippen molar-refractivity contribution in [2.75, 3.05) is 0 Å². The number of aromatic nitrogens is 6. The zero-order chi connectivity index (χ0) is 10.1. The molecule has 74 valence electrons. The number of rotatable bonds is 2. The van der Waals surface area contributed by atoms with Gasteiger partial charge in [-0.2, -0.15) is 0 Å². The molecular weight excluding hydrogens is 192 g/mol. The maximum Gasteiger partial charge on any atom is 0.138 e. The van der Waals surface area contributed by atoms with Gasteiger partial charge in [0.05, 0.1) is 11.0 Å². The average molecular weight is 200 g/mol. The second kappa shape index (κ2) is 3.16. The minimum Gasteiger partial charge on any atom is -0.340 e. The summed E-state index contributed by atoms with van der Waals surface area (Å²) in [5.41, 5.74) is 1.99. The number of benzene rings is 1. The normalized spacial score (nSPS) is 10.9. The second-order valence-corrected chi connectivity index (χ2v) is 3.21. The first kappa shape index (κ1) is 8.10.